The lowest BCUT2D eigenvalue weighted by atomic mass is 10.4. The van der Waals surface area contributed by atoms with Gasteiger partial charge in [0.2, 0.25) is 0 Å². The Kier molecular flexibility index (Phi) is 6.72. The second kappa shape index (κ2) is 7.81. The van der Waals surface area contributed by atoms with E-state index in [1.807, 2.05) is 0 Å². The number of halogens is 3. The monoisotopic (exact) mass is 333 g/mol. The summed E-state index contributed by atoms with van der Waals surface area (Å²) < 4.78 is 57.3. The maximum atomic E-state index is 11.9. The number of alkyl halides is 2. The smallest absolute Gasteiger partial charge is 0.296 e. The van der Waals surface area contributed by atoms with Gasteiger partial charge in [0, 0.05) is 30.8 Å². The molecule has 0 aromatic carbocycles. The van der Waals surface area contributed by atoms with Crippen LogP contribution in [0.5, 0.6) is 0 Å². The summed E-state index contributed by atoms with van der Waals surface area (Å²) in [6.07, 6.45) is -2.42. The van der Waals surface area contributed by atoms with Gasteiger partial charge in [0.25, 0.3) is 20.6 Å². The second-order valence-corrected chi connectivity index (χ2v) is 6.16. The van der Waals surface area contributed by atoms with E-state index in [4.69, 9.17) is 20.2 Å². The number of nitrogens with zero attached hydrogens (tertiary/aromatic N) is 3. The average molecular weight is 334 g/mol. The number of hydrogen-bond acceptors (Lipinski definition) is 6. The van der Waals surface area contributed by atoms with Crippen LogP contribution in [0.4, 0.5) is 8.78 Å². The summed E-state index contributed by atoms with van der Waals surface area (Å²) in [5, 5.41) is 6.76. The Morgan fingerprint density at radius 3 is 2.60 bits per heavy atom. The number of aromatic nitrogens is 3. The molecule has 116 valence electrons. The van der Waals surface area contributed by atoms with E-state index < -0.39 is 27.2 Å². The van der Waals surface area contributed by atoms with Gasteiger partial charge in [-0.3, -0.25) is 4.57 Å². The maximum absolute atomic E-state index is 11.9. The summed E-state index contributed by atoms with van der Waals surface area (Å²) >= 11 is 0. The van der Waals surface area contributed by atoms with E-state index in [0.29, 0.717) is 0 Å². The molecule has 1 aromatic heterocycles. The Bertz CT molecular complexity index is 523. The van der Waals surface area contributed by atoms with Crippen molar-refractivity contribution >= 4 is 19.7 Å². The predicted octanol–water partition coefficient (Wildman–Crippen LogP) is 0.676. The molecule has 0 fully saturated rings. The Labute approximate surface area is 119 Å². The summed E-state index contributed by atoms with van der Waals surface area (Å²) in [7, 11) is 2.64. The maximum Gasteiger partial charge on any atom is 0.296 e. The summed E-state index contributed by atoms with van der Waals surface area (Å²) in [5.74, 6) is 0.274. The fraction of sp³-hybridized carbons (Fsp3) is 0.778. The minimum atomic E-state index is -4.04. The normalized spacial score (nSPS) is 12.2. The van der Waals surface area contributed by atoms with Crippen molar-refractivity contribution in [2.45, 2.75) is 24.5 Å². The lowest BCUT2D eigenvalue weighted by Gasteiger charge is -2.08. The van der Waals surface area contributed by atoms with Crippen molar-refractivity contribution in [1.29, 1.82) is 0 Å². The van der Waals surface area contributed by atoms with Crippen LogP contribution in [0.15, 0.2) is 5.16 Å². The zero-order valence-electron chi connectivity index (χ0n) is 10.6. The fourth-order valence-corrected chi connectivity index (χ4v) is 2.37. The number of rotatable bonds is 9. The Hall–Kier alpha value is -0.840. The molecule has 1 heterocycles. The van der Waals surface area contributed by atoms with Gasteiger partial charge in [-0.25, -0.2) is 17.2 Å². The molecule has 0 amide bonds. The van der Waals surface area contributed by atoms with Crippen LogP contribution >= 0.6 is 10.7 Å². The van der Waals surface area contributed by atoms with Gasteiger partial charge in [-0.05, 0) is 0 Å². The summed E-state index contributed by atoms with van der Waals surface area (Å²) in [5.41, 5.74) is 0. The fourth-order valence-electron chi connectivity index (χ4n) is 1.43. The highest BCUT2D eigenvalue weighted by atomic mass is 35.7. The van der Waals surface area contributed by atoms with E-state index in [9.17, 15) is 17.2 Å². The molecule has 0 unspecified atom stereocenters. The molecule has 0 saturated carbocycles. The van der Waals surface area contributed by atoms with Crippen LogP contribution in [0, 0.1) is 0 Å². The number of methoxy groups -OCH3 is 1. The first-order valence-corrected chi connectivity index (χ1v) is 7.88. The molecule has 0 saturated heterocycles. The molecular formula is C9H14ClF2N3O4S. The first-order valence-electron chi connectivity index (χ1n) is 5.57. The van der Waals surface area contributed by atoms with E-state index >= 15 is 0 Å². The molecule has 1 rings (SSSR count). The minimum Gasteiger partial charge on any atom is -0.383 e. The zero-order valence-corrected chi connectivity index (χ0v) is 12.2. The average Bonchev–Trinajstić information content (AvgIpc) is 2.74. The lowest BCUT2D eigenvalue weighted by molar-refractivity contribution is 0.0180. The van der Waals surface area contributed by atoms with Crippen molar-refractivity contribution in [2.75, 3.05) is 26.9 Å². The van der Waals surface area contributed by atoms with Crippen LogP contribution in [0.1, 0.15) is 5.82 Å². The molecule has 1 aromatic rings. The van der Waals surface area contributed by atoms with Gasteiger partial charge in [-0.1, -0.05) is 0 Å². The van der Waals surface area contributed by atoms with E-state index in [1.54, 1.807) is 0 Å². The van der Waals surface area contributed by atoms with Gasteiger partial charge in [-0.15, -0.1) is 10.2 Å². The van der Waals surface area contributed by atoms with Crippen molar-refractivity contribution < 1.29 is 26.7 Å². The van der Waals surface area contributed by atoms with Crippen LogP contribution < -0.4 is 0 Å². The summed E-state index contributed by atoms with van der Waals surface area (Å²) in [4.78, 5) is 0. The van der Waals surface area contributed by atoms with Crippen molar-refractivity contribution in [3.05, 3.63) is 5.82 Å². The number of hydrogen-bond donors (Lipinski definition) is 0. The molecule has 7 nitrogen and oxygen atoms in total. The van der Waals surface area contributed by atoms with Crippen LogP contribution in [0.25, 0.3) is 0 Å². The first kappa shape index (κ1) is 17.2. The highest BCUT2D eigenvalue weighted by molar-refractivity contribution is 8.13. The molecule has 0 aliphatic heterocycles. The quantitative estimate of drug-likeness (QED) is 0.488. The van der Waals surface area contributed by atoms with Crippen molar-refractivity contribution in [3.8, 4) is 0 Å². The Morgan fingerprint density at radius 1 is 1.35 bits per heavy atom. The third-order valence-corrected chi connectivity index (χ3v) is 3.40. The van der Waals surface area contributed by atoms with Crippen molar-refractivity contribution in [1.82, 2.24) is 14.8 Å². The highest BCUT2D eigenvalue weighted by Crippen LogP contribution is 2.14. The van der Waals surface area contributed by atoms with Crippen LogP contribution in [-0.2, 0) is 31.5 Å². The van der Waals surface area contributed by atoms with Crippen LogP contribution in [0.2, 0.25) is 0 Å². The first-order chi connectivity index (χ1) is 9.36. The minimum absolute atomic E-state index is 0.0300. The molecular weight excluding hydrogens is 320 g/mol. The van der Waals surface area contributed by atoms with Gasteiger partial charge >= 0.3 is 0 Å². The Morgan fingerprint density at radius 2 is 2.05 bits per heavy atom. The summed E-state index contributed by atoms with van der Waals surface area (Å²) in [6, 6.07) is 0. The lowest BCUT2D eigenvalue weighted by Crippen LogP contribution is -2.15. The van der Waals surface area contributed by atoms with E-state index in [-0.39, 0.29) is 32.0 Å². The summed E-state index contributed by atoms with van der Waals surface area (Å²) in [6.45, 7) is -0.317. The van der Waals surface area contributed by atoms with Crippen LogP contribution in [-0.4, -0.2) is 56.5 Å². The molecule has 0 radical (unpaired) electrons. The zero-order chi connectivity index (χ0) is 15.2. The SMILES string of the molecule is COCCn1c(CCOCC(F)F)nnc1S(=O)(=O)Cl. The Balaban J connectivity index is 2.77. The van der Waals surface area contributed by atoms with Gasteiger partial charge in [0.05, 0.1) is 13.2 Å². The molecule has 11 heteroatoms. The third kappa shape index (κ3) is 5.27. The van der Waals surface area contributed by atoms with E-state index in [0.717, 1.165) is 0 Å². The molecule has 0 aliphatic carbocycles. The molecule has 0 atom stereocenters. The predicted molar refractivity (Wildman–Crippen MR) is 65.5 cm³/mol. The third-order valence-electron chi connectivity index (χ3n) is 2.24. The van der Waals surface area contributed by atoms with Crippen molar-refractivity contribution in [3.63, 3.8) is 0 Å². The van der Waals surface area contributed by atoms with Crippen molar-refractivity contribution in [2.24, 2.45) is 0 Å². The molecule has 0 spiro atoms. The topological polar surface area (TPSA) is 83.3 Å². The second-order valence-electron chi connectivity index (χ2n) is 3.70. The molecule has 0 N–H and O–H groups in total. The highest BCUT2D eigenvalue weighted by Gasteiger charge is 2.22. The van der Waals surface area contributed by atoms with Gasteiger partial charge in [0.15, 0.2) is 0 Å². The van der Waals surface area contributed by atoms with E-state index in [1.165, 1.54) is 11.7 Å². The molecule has 0 bridgehead atoms. The van der Waals surface area contributed by atoms with Gasteiger partial charge in [0.1, 0.15) is 12.4 Å². The van der Waals surface area contributed by atoms with Gasteiger partial charge < -0.3 is 9.47 Å². The largest absolute Gasteiger partial charge is 0.383 e. The standard InChI is InChI=1S/C9H14ClF2N3O4S/c1-18-5-3-15-8(2-4-19-6-7(11)12)13-14-9(15)20(10,16)17/h7H,2-6H2,1H3. The van der Waals surface area contributed by atoms with E-state index in [2.05, 4.69) is 10.2 Å². The number of ether oxygens (including phenoxy) is 2. The molecule has 20 heavy (non-hydrogen) atoms. The van der Waals surface area contributed by atoms with Gasteiger partial charge in [-0.2, -0.15) is 0 Å². The van der Waals surface area contributed by atoms with Crippen LogP contribution in [0.3, 0.4) is 0 Å². The molecule has 0 aliphatic rings.